The quantitative estimate of drug-likeness (QED) is 0.463. The van der Waals surface area contributed by atoms with E-state index in [0.717, 1.165) is 16.7 Å². The van der Waals surface area contributed by atoms with Gasteiger partial charge in [0.15, 0.2) is 11.5 Å². The van der Waals surface area contributed by atoms with E-state index in [2.05, 4.69) is 10.2 Å². The van der Waals surface area contributed by atoms with Crippen LogP contribution in [0.15, 0.2) is 52.1 Å². The van der Waals surface area contributed by atoms with E-state index < -0.39 is 0 Å². The first-order valence-corrected chi connectivity index (χ1v) is 9.25. The van der Waals surface area contributed by atoms with Gasteiger partial charge in [-0.3, -0.25) is 14.5 Å². The Morgan fingerprint density at radius 1 is 0.964 bits per heavy atom. The van der Waals surface area contributed by atoms with Crippen LogP contribution in [-0.2, 0) is 0 Å². The molecule has 2 amide bonds. The first-order chi connectivity index (χ1) is 13.6. The molecule has 1 aliphatic rings. The molecule has 2 heterocycles. The summed E-state index contributed by atoms with van der Waals surface area (Å²) in [6.07, 6.45) is 0. The number of carbonyl (C=O) groups is 2. The van der Waals surface area contributed by atoms with Crippen molar-refractivity contribution in [2.75, 3.05) is 20.1 Å². The largest absolute Gasteiger partial charge is 0.493 e. The first-order valence-electron chi connectivity index (χ1n) is 8.26. The van der Waals surface area contributed by atoms with Gasteiger partial charge in [-0.25, -0.2) is 0 Å². The van der Waals surface area contributed by atoms with Crippen LogP contribution in [-0.4, -0.2) is 47.0 Å². The van der Waals surface area contributed by atoms with Gasteiger partial charge in [-0.05, 0) is 42.1 Å². The molecule has 4 rings (SSSR count). The fourth-order valence-corrected chi connectivity index (χ4v) is 3.54. The van der Waals surface area contributed by atoms with Crippen molar-refractivity contribution in [1.29, 1.82) is 0 Å². The van der Waals surface area contributed by atoms with Crippen LogP contribution in [0.25, 0.3) is 11.5 Å². The van der Waals surface area contributed by atoms with E-state index in [0.29, 0.717) is 34.1 Å². The Kier molecular flexibility index (Phi) is 4.74. The molecule has 0 atom stereocenters. The molecule has 0 spiro atoms. The predicted octanol–water partition coefficient (Wildman–Crippen LogP) is 3.10. The fraction of sp³-hybridized carbons (Fsp3) is 0.158. The molecule has 0 fully saturated rings. The topological polar surface area (TPSA) is 94.8 Å². The van der Waals surface area contributed by atoms with Crippen molar-refractivity contribution in [1.82, 2.24) is 15.1 Å². The van der Waals surface area contributed by atoms with Gasteiger partial charge < -0.3 is 13.9 Å². The van der Waals surface area contributed by atoms with Crippen LogP contribution in [0.4, 0.5) is 0 Å². The molecule has 1 aromatic heterocycles. The van der Waals surface area contributed by atoms with Crippen LogP contribution in [0.1, 0.15) is 20.7 Å². The molecule has 0 radical (unpaired) electrons. The molecular formula is C19H15N3O5S. The Balaban J connectivity index is 1.48. The zero-order valence-corrected chi connectivity index (χ0v) is 15.9. The maximum absolute atomic E-state index is 12.4. The smallest absolute Gasteiger partial charge is 0.278 e. The molecular weight excluding hydrogens is 382 g/mol. The van der Waals surface area contributed by atoms with Crippen molar-refractivity contribution in [3.8, 4) is 23.0 Å². The molecule has 142 valence electrons. The van der Waals surface area contributed by atoms with Crippen LogP contribution >= 0.6 is 11.8 Å². The maximum Gasteiger partial charge on any atom is 0.278 e. The van der Waals surface area contributed by atoms with Crippen molar-refractivity contribution >= 4 is 23.6 Å². The van der Waals surface area contributed by atoms with Gasteiger partial charge in [-0.2, -0.15) is 0 Å². The lowest BCUT2D eigenvalue weighted by Gasteiger charge is -2.11. The number of nitrogens with zero attached hydrogens (tertiary/aromatic N) is 3. The lowest BCUT2D eigenvalue weighted by atomic mass is 10.1. The van der Waals surface area contributed by atoms with Gasteiger partial charge in [0, 0.05) is 5.56 Å². The summed E-state index contributed by atoms with van der Waals surface area (Å²) in [5.74, 6) is 0.857. The number of hydrogen-bond donors (Lipinski definition) is 0. The minimum Gasteiger partial charge on any atom is -0.493 e. The number of methoxy groups -OCH3 is 2. The number of rotatable bonds is 6. The zero-order valence-electron chi connectivity index (χ0n) is 15.0. The maximum atomic E-state index is 12.4. The van der Waals surface area contributed by atoms with Gasteiger partial charge in [0.05, 0.1) is 31.2 Å². The van der Waals surface area contributed by atoms with Gasteiger partial charge in [-0.15, -0.1) is 10.2 Å². The Hall–Kier alpha value is -3.33. The molecule has 9 heteroatoms. The minimum absolute atomic E-state index is 0.0832. The first kappa shape index (κ1) is 18.1. The highest BCUT2D eigenvalue weighted by Gasteiger charge is 2.35. The van der Waals surface area contributed by atoms with Crippen LogP contribution < -0.4 is 9.47 Å². The number of ether oxygens (including phenoxy) is 2. The van der Waals surface area contributed by atoms with E-state index in [-0.39, 0.29) is 22.9 Å². The minimum atomic E-state index is -0.326. The average molecular weight is 397 g/mol. The highest BCUT2D eigenvalue weighted by atomic mass is 32.2. The third kappa shape index (κ3) is 3.09. The van der Waals surface area contributed by atoms with Gasteiger partial charge in [0.25, 0.3) is 17.0 Å². The number of fused-ring (bicyclic) bond motifs is 1. The van der Waals surface area contributed by atoms with E-state index in [1.54, 1.807) is 56.7 Å². The zero-order chi connectivity index (χ0) is 19.7. The normalized spacial score (nSPS) is 13.0. The van der Waals surface area contributed by atoms with Gasteiger partial charge in [0.1, 0.15) is 0 Å². The van der Waals surface area contributed by atoms with E-state index in [4.69, 9.17) is 13.9 Å². The third-order valence-electron chi connectivity index (χ3n) is 4.23. The molecule has 28 heavy (non-hydrogen) atoms. The van der Waals surface area contributed by atoms with Crippen molar-refractivity contribution in [2.45, 2.75) is 5.22 Å². The summed E-state index contributed by atoms with van der Waals surface area (Å²) in [5, 5.41) is 8.24. The molecule has 0 bridgehead atoms. The standard InChI is InChI=1S/C19H15N3O5S/c1-25-14-8-7-11(9-15(14)26-2)16-20-21-19(27-16)28-10-22-17(23)12-5-3-4-6-13(12)18(22)24/h3-9H,10H2,1-2H3. The lowest BCUT2D eigenvalue weighted by Crippen LogP contribution is -2.29. The molecule has 3 aromatic rings. The van der Waals surface area contributed by atoms with Gasteiger partial charge in [0.2, 0.25) is 5.89 Å². The summed E-state index contributed by atoms with van der Waals surface area (Å²) in [4.78, 5) is 25.9. The Labute approximate surface area is 164 Å². The van der Waals surface area contributed by atoms with Gasteiger partial charge in [-0.1, -0.05) is 12.1 Å². The lowest BCUT2D eigenvalue weighted by molar-refractivity contribution is 0.0684. The molecule has 8 nitrogen and oxygen atoms in total. The summed E-state index contributed by atoms with van der Waals surface area (Å²) in [6, 6.07) is 12.0. The number of benzene rings is 2. The van der Waals surface area contributed by atoms with Crippen molar-refractivity contribution < 1.29 is 23.5 Å². The van der Waals surface area contributed by atoms with Crippen molar-refractivity contribution in [3.05, 3.63) is 53.6 Å². The van der Waals surface area contributed by atoms with Crippen LogP contribution in [0.3, 0.4) is 0 Å². The number of thioether (sulfide) groups is 1. The van der Waals surface area contributed by atoms with Crippen molar-refractivity contribution in [3.63, 3.8) is 0 Å². The Morgan fingerprint density at radius 3 is 2.29 bits per heavy atom. The fourth-order valence-electron chi connectivity index (χ4n) is 2.83. The summed E-state index contributed by atoms with van der Waals surface area (Å²) < 4.78 is 16.1. The number of amides is 2. The van der Waals surface area contributed by atoms with E-state index in [1.807, 2.05) is 0 Å². The second kappa shape index (κ2) is 7.35. The van der Waals surface area contributed by atoms with Crippen LogP contribution in [0, 0.1) is 0 Å². The van der Waals surface area contributed by atoms with E-state index in [1.165, 1.54) is 0 Å². The summed E-state index contributed by atoms with van der Waals surface area (Å²) in [6.45, 7) is 0. The number of hydrogen-bond acceptors (Lipinski definition) is 8. The second-order valence-electron chi connectivity index (χ2n) is 5.80. The molecule has 0 aliphatic carbocycles. The summed E-state index contributed by atoms with van der Waals surface area (Å²) >= 11 is 1.12. The van der Waals surface area contributed by atoms with E-state index in [9.17, 15) is 9.59 Å². The number of aromatic nitrogens is 2. The number of imide groups is 1. The van der Waals surface area contributed by atoms with Crippen LogP contribution in [0.5, 0.6) is 11.5 Å². The Bertz CT molecular complexity index is 1030. The molecule has 2 aromatic carbocycles. The predicted molar refractivity (Wildman–Crippen MR) is 101 cm³/mol. The monoisotopic (exact) mass is 397 g/mol. The molecule has 1 aliphatic heterocycles. The molecule has 0 saturated carbocycles. The number of carbonyl (C=O) groups excluding carboxylic acids is 2. The summed E-state index contributed by atoms with van der Waals surface area (Å²) in [5.41, 5.74) is 1.48. The average Bonchev–Trinajstić information content (AvgIpc) is 3.30. The molecule has 0 unspecified atom stereocenters. The molecule has 0 N–H and O–H groups in total. The Morgan fingerprint density at radius 2 is 1.64 bits per heavy atom. The molecule has 0 saturated heterocycles. The summed E-state index contributed by atoms with van der Waals surface area (Å²) in [7, 11) is 3.09. The SMILES string of the molecule is COc1ccc(-c2nnc(SCN3C(=O)c4ccccc4C3=O)o2)cc1OC. The van der Waals surface area contributed by atoms with Gasteiger partial charge >= 0.3 is 0 Å². The van der Waals surface area contributed by atoms with Crippen molar-refractivity contribution in [2.24, 2.45) is 0 Å². The van der Waals surface area contributed by atoms with E-state index >= 15 is 0 Å². The highest BCUT2D eigenvalue weighted by Crippen LogP contribution is 2.33. The van der Waals surface area contributed by atoms with Crippen LogP contribution in [0.2, 0.25) is 0 Å². The third-order valence-corrected chi connectivity index (χ3v) is 5.03. The second-order valence-corrected chi connectivity index (χ2v) is 6.70. The highest BCUT2D eigenvalue weighted by molar-refractivity contribution is 7.99.